The minimum atomic E-state index is -0.408. The predicted octanol–water partition coefficient (Wildman–Crippen LogP) is 2.82. The van der Waals surface area contributed by atoms with Crippen molar-refractivity contribution in [3.8, 4) is 5.75 Å². The summed E-state index contributed by atoms with van der Waals surface area (Å²) in [6, 6.07) is 6.57. The van der Waals surface area contributed by atoms with Crippen molar-refractivity contribution in [3.05, 3.63) is 40.2 Å². The maximum Gasteiger partial charge on any atom is 0.344 e. The average Bonchev–Trinajstić information content (AvgIpc) is 2.45. The van der Waals surface area contributed by atoms with Gasteiger partial charge in [0, 0.05) is 17.5 Å². The van der Waals surface area contributed by atoms with Crippen LogP contribution in [-0.4, -0.2) is 19.2 Å². The number of rotatable bonds is 6. The molecule has 0 atom stereocenters. The SMILES string of the molecule is CCCCOC(=O)COc1ccc2c(C)cc(=O)oc2c1. The minimum Gasteiger partial charge on any atom is -0.482 e. The first kappa shape index (κ1) is 15.1. The number of unbranched alkanes of at least 4 members (excludes halogenated alkanes) is 1. The molecule has 0 spiro atoms. The topological polar surface area (TPSA) is 65.7 Å². The Morgan fingerprint density at radius 2 is 2.10 bits per heavy atom. The zero-order chi connectivity index (χ0) is 15.2. The molecule has 0 unspecified atom stereocenters. The van der Waals surface area contributed by atoms with Gasteiger partial charge in [-0.25, -0.2) is 9.59 Å². The lowest BCUT2D eigenvalue weighted by molar-refractivity contribution is -0.146. The van der Waals surface area contributed by atoms with E-state index in [1.807, 2.05) is 13.8 Å². The number of hydrogen-bond donors (Lipinski definition) is 0. The summed E-state index contributed by atoms with van der Waals surface area (Å²) < 4.78 is 15.5. The quantitative estimate of drug-likeness (QED) is 0.465. The van der Waals surface area contributed by atoms with Crippen molar-refractivity contribution < 1.29 is 18.7 Å². The van der Waals surface area contributed by atoms with E-state index in [1.165, 1.54) is 6.07 Å². The fourth-order valence-corrected chi connectivity index (χ4v) is 1.91. The van der Waals surface area contributed by atoms with Gasteiger partial charge in [-0.1, -0.05) is 13.3 Å². The average molecular weight is 290 g/mol. The largest absolute Gasteiger partial charge is 0.482 e. The van der Waals surface area contributed by atoms with E-state index < -0.39 is 11.6 Å². The molecule has 112 valence electrons. The Bertz CT molecular complexity index is 687. The van der Waals surface area contributed by atoms with Gasteiger partial charge in [0.05, 0.1) is 6.61 Å². The lowest BCUT2D eigenvalue weighted by Crippen LogP contribution is -2.15. The summed E-state index contributed by atoms with van der Waals surface area (Å²) in [4.78, 5) is 22.8. The fourth-order valence-electron chi connectivity index (χ4n) is 1.91. The molecule has 2 aromatic rings. The van der Waals surface area contributed by atoms with E-state index in [2.05, 4.69) is 0 Å². The number of benzene rings is 1. The molecule has 1 heterocycles. The molecule has 2 rings (SSSR count). The maximum atomic E-state index is 11.4. The van der Waals surface area contributed by atoms with Crippen molar-refractivity contribution >= 4 is 16.9 Å². The number of aryl methyl sites for hydroxylation is 1. The van der Waals surface area contributed by atoms with Gasteiger partial charge in [-0.2, -0.15) is 0 Å². The molecule has 21 heavy (non-hydrogen) atoms. The Balaban J connectivity index is 2.03. The summed E-state index contributed by atoms with van der Waals surface area (Å²) in [5, 5.41) is 0.840. The lowest BCUT2D eigenvalue weighted by Gasteiger charge is -2.07. The van der Waals surface area contributed by atoms with Crippen molar-refractivity contribution in [2.24, 2.45) is 0 Å². The molecule has 0 bridgehead atoms. The number of hydrogen-bond acceptors (Lipinski definition) is 5. The molecule has 1 aromatic carbocycles. The van der Waals surface area contributed by atoms with Crippen LogP contribution in [0.4, 0.5) is 0 Å². The molecule has 5 nitrogen and oxygen atoms in total. The molecule has 0 saturated carbocycles. The van der Waals surface area contributed by atoms with E-state index in [0.29, 0.717) is 17.9 Å². The number of ether oxygens (including phenoxy) is 2. The van der Waals surface area contributed by atoms with Crippen molar-refractivity contribution in [2.45, 2.75) is 26.7 Å². The summed E-state index contributed by atoms with van der Waals surface area (Å²) in [7, 11) is 0. The van der Waals surface area contributed by atoms with Crippen LogP contribution < -0.4 is 10.4 Å². The van der Waals surface area contributed by atoms with E-state index in [0.717, 1.165) is 23.8 Å². The van der Waals surface area contributed by atoms with E-state index in [4.69, 9.17) is 13.9 Å². The Kier molecular flexibility index (Phi) is 4.98. The third kappa shape index (κ3) is 4.08. The Morgan fingerprint density at radius 1 is 1.29 bits per heavy atom. The zero-order valence-corrected chi connectivity index (χ0v) is 12.2. The van der Waals surface area contributed by atoms with Crippen LogP contribution in [0.3, 0.4) is 0 Å². The molecule has 0 radical (unpaired) electrons. The van der Waals surface area contributed by atoms with Crippen LogP contribution in [0.1, 0.15) is 25.3 Å². The van der Waals surface area contributed by atoms with Crippen molar-refractivity contribution in [2.75, 3.05) is 13.2 Å². The van der Waals surface area contributed by atoms with Crippen LogP contribution in [0, 0.1) is 6.92 Å². The van der Waals surface area contributed by atoms with Gasteiger partial charge in [-0.05, 0) is 31.0 Å². The third-order valence-electron chi connectivity index (χ3n) is 3.04. The van der Waals surface area contributed by atoms with Crippen molar-refractivity contribution in [1.29, 1.82) is 0 Å². The number of carbonyl (C=O) groups excluding carboxylic acids is 1. The van der Waals surface area contributed by atoms with Crippen LogP contribution in [0.5, 0.6) is 5.75 Å². The van der Waals surface area contributed by atoms with Crippen LogP contribution in [0.15, 0.2) is 33.5 Å². The normalized spacial score (nSPS) is 10.6. The zero-order valence-electron chi connectivity index (χ0n) is 12.2. The van der Waals surface area contributed by atoms with Gasteiger partial charge < -0.3 is 13.9 Å². The highest BCUT2D eigenvalue weighted by molar-refractivity contribution is 5.81. The maximum absolute atomic E-state index is 11.4. The second-order valence-corrected chi connectivity index (χ2v) is 4.77. The van der Waals surface area contributed by atoms with Gasteiger partial charge in [-0.15, -0.1) is 0 Å². The van der Waals surface area contributed by atoms with Crippen LogP contribution in [0.2, 0.25) is 0 Å². The van der Waals surface area contributed by atoms with Gasteiger partial charge in [-0.3, -0.25) is 0 Å². The van der Waals surface area contributed by atoms with Crippen LogP contribution in [-0.2, 0) is 9.53 Å². The molecule has 0 aliphatic rings. The summed E-state index contributed by atoms with van der Waals surface area (Å²) in [5.41, 5.74) is 0.875. The first-order chi connectivity index (χ1) is 10.1. The van der Waals surface area contributed by atoms with E-state index >= 15 is 0 Å². The monoisotopic (exact) mass is 290 g/mol. The summed E-state index contributed by atoms with van der Waals surface area (Å²) in [6.45, 7) is 4.11. The first-order valence-corrected chi connectivity index (χ1v) is 6.93. The van der Waals surface area contributed by atoms with Gasteiger partial charge >= 0.3 is 11.6 Å². The fraction of sp³-hybridized carbons (Fsp3) is 0.375. The van der Waals surface area contributed by atoms with Crippen molar-refractivity contribution in [1.82, 2.24) is 0 Å². The highest BCUT2D eigenvalue weighted by atomic mass is 16.6. The molecule has 0 amide bonds. The molecule has 1 aromatic heterocycles. The molecule has 0 fully saturated rings. The third-order valence-corrected chi connectivity index (χ3v) is 3.04. The first-order valence-electron chi connectivity index (χ1n) is 6.93. The summed E-state index contributed by atoms with van der Waals surface area (Å²) >= 11 is 0. The van der Waals surface area contributed by atoms with Crippen LogP contribution in [0.25, 0.3) is 11.0 Å². The molecule has 0 aliphatic carbocycles. The van der Waals surface area contributed by atoms with Gasteiger partial charge in [0.1, 0.15) is 11.3 Å². The van der Waals surface area contributed by atoms with Crippen molar-refractivity contribution in [3.63, 3.8) is 0 Å². The molecular formula is C16H18O5. The standard InChI is InChI=1S/C16H18O5/c1-3-4-7-19-16(18)10-20-12-5-6-13-11(2)8-15(17)21-14(13)9-12/h5-6,8-9H,3-4,7,10H2,1-2H3. The minimum absolute atomic E-state index is 0.161. The highest BCUT2D eigenvalue weighted by Gasteiger charge is 2.07. The number of carbonyl (C=O) groups is 1. The lowest BCUT2D eigenvalue weighted by atomic mass is 10.1. The smallest absolute Gasteiger partial charge is 0.344 e. The number of esters is 1. The molecule has 5 heteroatoms. The molecule has 0 saturated heterocycles. The molecule has 0 aliphatic heterocycles. The van der Waals surface area contributed by atoms with E-state index in [9.17, 15) is 9.59 Å². The number of fused-ring (bicyclic) bond motifs is 1. The van der Waals surface area contributed by atoms with Gasteiger partial charge in [0.15, 0.2) is 6.61 Å². The summed E-state index contributed by atoms with van der Waals surface area (Å²) in [5.74, 6) is 0.0536. The van der Waals surface area contributed by atoms with E-state index in [1.54, 1.807) is 18.2 Å². The second-order valence-electron chi connectivity index (χ2n) is 4.77. The predicted molar refractivity (Wildman–Crippen MR) is 78.6 cm³/mol. The highest BCUT2D eigenvalue weighted by Crippen LogP contribution is 2.22. The second kappa shape index (κ2) is 6.92. The summed E-state index contributed by atoms with van der Waals surface area (Å²) in [6.07, 6.45) is 1.81. The van der Waals surface area contributed by atoms with Gasteiger partial charge in [0.2, 0.25) is 0 Å². The Hall–Kier alpha value is -2.30. The van der Waals surface area contributed by atoms with Gasteiger partial charge in [0.25, 0.3) is 0 Å². The molecule has 0 N–H and O–H groups in total. The van der Waals surface area contributed by atoms with Crippen LogP contribution >= 0.6 is 0 Å². The van der Waals surface area contributed by atoms with E-state index in [-0.39, 0.29) is 6.61 Å². The molecular weight excluding hydrogens is 272 g/mol. The Morgan fingerprint density at radius 3 is 2.86 bits per heavy atom. The Labute approximate surface area is 122 Å².